The first-order valence-electron chi connectivity index (χ1n) is 6.76. The Hall–Kier alpha value is -2.27. The number of halogens is 1. The molecule has 2 N–H and O–H groups in total. The van der Waals surface area contributed by atoms with Crippen LogP contribution in [0.5, 0.6) is 0 Å². The summed E-state index contributed by atoms with van der Waals surface area (Å²) in [6.45, 7) is 0.453. The molecule has 5 heteroatoms. The number of benzene rings is 1. The largest absolute Gasteiger partial charge is 0.396 e. The van der Waals surface area contributed by atoms with Crippen LogP contribution in [0.2, 0.25) is 0 Å². The van der Waals surface area contributed by atoms with Crippen LogP contribution in [0.25, 0.3) is 0 Å². The summed E-state index contributed by atoms with van der Waals surface area (Å²) in [5.41, 5.74) is 1.37. The van der Waals surface area contributed by atoms with Gasteiger partial charge in [0.2, 0.25) is 5.95 Å². The third kappa shape index (κ3) is 4.36. The van der Waals surface area contributed by atoms with Gasteiger partial charge >= 0.3 is 0 Å². The van der Waals surface area contributed by atoms with Crippen molar-refractivity contribution in [3.8, 4) is 0 Å². The molecule has 0 aliphatic heterocycles. The Balaban J connectivity index is 1.98. The predicted molar refractivity (Wildman–Crippen MR) is 77.4 cm³/mol. The van der Waals surface area contributed by atoms with E-state index in [1.165, 1.54) is 12.3 Å². The number of carbonyl (C=O) groups excluding carboxylic acids is 1. The van der Waals surface area contributed by atoms with E-state index in [2.05, 4.69) is 10.3 Å². The third-order valence-corrected chi connectivity index (χ3v) is 3.25. The smallest absolute Gasteiger partial charge is 0.252 e. The number of nitrogens with one attached hydrogen (secondary N) is 1. The molecule has 1 aromatic carbocycles. The average molecular weight is 288 g/mol. The van der Waals surface area contributed by atoms with E-state index in [0.29, 0.717) is 18.5 Å². The van der Waals surface area contributed by atoms with Crippen LogP contribution in [0.4, 0.5) is 4.39 Å². The Bertz CT molecular complexity index is 573. The van der Waals surface area contributed by atoms with Gasteiger partial charge in [0.05, 0.1) is 5.56 Å². The van der Waals surface area contributed by atoms with Gasteiger partial charge in [-0.25, -0.2) is 4.98 Å². The second kappa shape index (κ2) is 7.50. The molecule has 1 amide bonds. The molecule has 0 saturated carbocycles. The van der Waals surface area contributed by atoms with E-state index in [9.17, 15) is 9.18 Å². The molecule has 110 valence electrons. The fourth-order valence-corrected chi connectivity index (χ4v) is 2.10. The highest BCUT2D eigenvalue weighted by Gasteiger charge is 2.13. The minimum atomic E-state index is -0.617. The number of hydrogen-bond acceptors (Lipinski definition) is 3. The zero-order chi connectivity index (χ0) is 15.1. The number of nitrogens with zero attached hydrogens (tertiary/aromatic N) is 1. The summed E-state index contributed by atoms with van der Waals surface area (Å²) in [6.07, 6.45) is 1.76. The lowest BCUT2D eigenvalue weighted by Gasteiger charge is -2.17. The maximum Gasteiger partial charge on any atom is 0.252 e. The van der Waals surface area contributed by atoms with Crippen molar-refractivity contribution >= 4 is 5.91 Å². The summed E-state index contributed by atoms with van der Waals surface area (Å²) in [6, 6.07) is 12.2. The molecule has 21 heavy (non-hydrogen) atoms. The van der Waals surface area contributed by atoms with Crippen molar-refractivity contribution in [1.29, 1.82) is 0 Å². The molecule has 0 aliphatic rings. The average Bonchev–Trinajstić information content (AvgIpc) is 2.52. The maximum absolute atomic E-state index is 12.7. The van der Waals surface area contributed by atoms with Gasteiger partial charge in [0.15, 0.2) is 0 Å². The van der Waals surface area contributed by atoms with Gasteiger partial charge in [-0.1, -0.05) is 30.3 Å². The number of amides is 1. The summed E-state index contributed by atoms with van der Waals surface area (Å²) in [4.78, 5) is 15.4. The van der Waals surface area contributed by atoms with Crippen LogP contribution in [0.3, 0.4) is 0 Å². The molecule has 0 radical (unpaired) electrons. The van der Waals surface area contributed by atoms with Crippen molar-refractivity contribution in [2.24, 2.45) is 0 Å². The van der Waals surface area contributed by atoms with Crippen LogP contribution >= 0.6 is 0 Å². The molecule has 0 spiro atoms. The summed E-state index contributed by atoms with van der Waals surface area (Å²) in [5.74, 6) is -0.885. The van der Waals surface area contributed by atoms with Crippen LogP contribution in [0, 0.1) is 5.95 Å². The molecule has 2 aromatic rings. The number of aliphatic hydroxyl groups is 1. The van der Waals surface area contributed by atoms with Crippen molar-refractivity contribution in [2.45, 2.75) is 12.3 Å². The molecule has 0 saturated heterocycles. The van der Waals surface area contributed by atoms with E-state index in [4.69, 9.17) is 5.11 Å². The van der Waals surface area contributed by atoms with Crippen LogP contribution in [-0.4, -0.2) is 29.1 Å². The number of aromatic nitrogens is 1. The first kappa shape index (κ1) is 15.1. The topological polar surface area (TPSA) is 62.2 Å². The number of aliphatic hydroxyl groups excluding tert-OH is 1. The summed E-state index contributed by atoms with van der Waals surface area (Å²) >= 11 is 0. The molecule has 1 heterocycles. The van der Waals surface area contributed by atoms with Gasteiger partial charge in [-0.05, 0) is 24.1 Å². The van der Waals surface area contributed by atoms with E-state index < -0.39 is 5.95 Å². The number of hydrogen-bond donors (Lipinski definition) is 2. The Morgan fingerprint density at radius 3 is 2.62 bits per heavy atom. The van der Waals surface area contributed by atoms with Crippen LogP contribution in [0.1, 0.15) is 28.3 Å². The highest BCUT2D eigenvalue weighted by atomic mass is 19.1. The molecule has 0 fully saturated rings. The third-order valence-electron chi connectivity index (χ3n) is 3.25. The van der Waals surface area contributed by atoms with Crippen molar-refractivity contribution in [3.05, 3.63) is 65.7 Å². The predicted octanol–water partition coefficient (Wildman–Crippen LogP) is 2.12. The van der Waals surface area contributed by atoms with Gasteiger partial charge in [-0.2, -0.15) is 4.39 Å². The van der Waals surface area contributed by atoms with Crippen LogP contribution in [-0.2, 0) is 0 Å². The lowest BCUT2D eigenvalue weighted by molar-refractivity contribution is 0.0949. The number of pyridine rings is 1. The first-order chi connectivity index (χ1) is 10.2. The van der Waals surface area contributed by atoms with Crippen molar-refractivity contribution < 1.29 is 14.3 Å². The van der Waals surface area contributed by atoms with Gasteiger partial charge < -0.3 is 10.4 Å². The van der Waals surface area contributed by atoms with E-state index in [0.717, 1.165) is 11.6 Å². The molecule has 4 nitrogen and oxygen atoms in total. The van der Waals surface area contributed by atoms with E-state index in [1.54, 1.807) is 0 Å². The van der Waals surface area contributed by atoms with Crippen LogP contribution in [0.15, 0.2) is 48.7 Å². The highest BCUT2D eigenvalue weighted by Crippen LogP contribution is 2.18. The molecule has 1 unspecified atom stereocenters. The first-order valence-corrected chi connectivity index (χ1v) is 6.76. The van der Waals surface area contributed by atoms with E-state index in [-0.39, 0.29) is 18.4 Å². The SMILES string of the molecule is O=C(NCC(CCO)c1ccccc1)c1ccc(F)nc1. The molecular formula is C16H17FN2O2. The fraction of sp³-hybridized carbons (Fsp3) is 0.250. The quantitative estimate of drug-likeness (QED) is 0.800. The molecular weight excluding hydrogens is 271 g/mol. The van der Waals surface area contributed by atoms with E-state index in [1.807, 2.05) is 30.3 Å². The van der Waals surface area contributed by atoms with Gasteiger partial charge in [0.1, 0.15) is 0 Å². The van der Waals surface area contributed by atoms with Gasteiger partial charge in [0.25, 0.3) is 5.91 Å². The lowest BCUT2D eigenvalue weighted by atomic mass is 9.96. The minimum absolute atomic E-state index is 0.0357. The Morgan fingerprint density at radius 2 is 2.00 bits per heavy atom. The van der Waals surface area contributed by atoms with Crippen molar-refractivity contribution in [1.82, 2.24) is 10.3 Å². The summed E-state index contributed by atoms with van der Waals surface area (Å²) < 4.78 is 12.7. The standard InChI is InChI=1S/C16H17FN2O2/c17-15-7-6-14(11-18-15)16(21)19-10-13(8-9-20)12-4-2-1-3-5-12/h1-7,11,13,20H,8-10H2,(H,19,21). The molecule has 1 aromatic heterocycles. The number of rotatable bonds is 6. The Kier molecular flexibility index (Phi) is 5.40. The minimum Gasteiger partial charge on any atom is -0.396 e. The van der Waals surface area contributed by atoms with E-state index >= 15 is 0 Å². The highest BCUT2D eigenvalue weighted by molar-refractivity contribution is 5.93. The Labute approximate surface area is 122 Å². The second-order valence-corrected chi connectivity index (χ2v) is 4.70. The zero-order valence-electron chi connectivity index (χ0n) is 11.5. The molecule has 2 rings (SSSR count). The summed E-state index contributed by atoms with van der Waals surface area (Å²) in [5, 5.41) is 11.9. The van der Waals surface area contributed by atoms with Gasteiger partial charge in [-0.15, -0.1) is 0 Å². The normalized spacial score (nSPS) is 11.9. The Morgan fingerprint density at radius 1 is 1.24 bits per heavy atom. The molecule has 1 atom stereocenters. The zero-order valence-corrected chi connectivity index (χ0v) is 11.5. The lowest BCUT2D eigenvalue weighted by Crippen LogP contribution is -2.29. The monoisotopic (exact) mass is 288 g/mol. The van der Waals surface area contributed by atoms with Crippen LogP contribution < -0.4 is 5.32 Å². The molecule has 0 aliphatic carbocycles. The van der Waals surface area contributed by atoms with Gasteiger partial charge in [0, 0.05) is 25.3 Å². The van der Waals surface area contributed by atoms with Crippen molar-refractivity contribution in [2.75, 3.05) is 13.2 Å². The van der Waals surface area contributed by atoms with Crippen molar-refractivity contribution in [3.63, 3.8) is 0 Å². The fourth-order valence-electron chi connectivity index (χ4n) is 2.10. The maximum atomic E-state index is 12.7. The number of carbonyl (C=O) groups is 1. The second-order valence-electron chi connectivity index (χ2n) is 4.70. The van der Waals surface area contributed by atoms with Gasteiger partial charge in [-0.3, -0.25) is 4.79 Å². The summed E-state index contributed by atoms with van der Waals surface area (Å²) in [7, 11) is 0. The molecule has 0 bridgehead atoms.